The minimum Gasteiger partial charge on any atom is -0.383 e. The summed E-state index contributed by atoms with van der Waals surface area (Å²) in [6, 6.07) is 3.90. The van der Waals surface area contributed by atoms with Gasteiger partial charge in [-0.15, -0.1) is 0 Å². The fourth-order valence-corrected chi connectivity index (χ4v) is 1.31. The number of aromatic nitrogens is 2. The van der Waals surface area contributed by atoms with E-state index in [4.69, 9.17) is 5.73 Å². The summed E-state index contributed by atoms with van der Waals surface area (Å²) < 4.78 is 0. The van der Waals surface area contributed by atoms with E-state index in [9.17, 15) is 0 Å². The Balaban J connectivity index is 2.89. The van der Waals surface area contributed by atoms with Crippen molar-refractivity contribution in [3.63, 3.8) is 0 Å². The first-order valence-corrected chi connectivity index (χ1v) is 4.17. The Morgan fingerprint density at radius 2 is 2.08 bits per heavy atom. The summed E-state index contributed by atoms with van der Waals surface area (Å²) >= 11 is 0. The molecule has 13 heavy (non-hydrogen) atoms. The zero-order chi connectivity index (χ0) is 9.42. The second-order valence-corrected chi connectivity index (χ2v) is 3.15. The van der Waals surface area contributed by atoms with Gasteiger partial charge < -0.3 is 5.73 Å². The third-order valence-electron chi connectivity index (χ3n) is 2.22. The second-order valence-electron chi connectivity index (χ2n) is 3.15. The Bertz CT molecular complexity index is 463. The van der Waals surface area contributed by atoms with Crippen molar-refractivity contribution in [1.82, 2.24) is 9.97 Å². The summed E-state index contributed by atoms with van der Waals surface area (Å²) in [6.45, 7) is 4.01. The van der Waals surface area contributed by atoms with Crippen LogP contribution in [-0.4, -0.2) is 9.97 Å². The Labute approximate surface area is 76.6 Å². The maximum atomic E-state index is 5.72. The summed E-state index contributed by atoms with van der Waals surface area (Å²) in [6.07, 6.45) is 1.68. The smallest absolute Gasteiger partial charge is 0.132 e. The molecule has 0 bridgehead atoms. The van der Waals surface area contributed by atoms with Gasteiger partial charge in [0.15, 0.2) is 0 Å². The molecule has 0 amide bonds. The van der Waals surface area contributed by atoms with Gasteiger partial charge in [0.1, 0.15) is 5.82 Å². The molecule has 66 valence electrons. The topological polar surface area (TPSA) is 51.8 Å². The summed E-state index contributed by atoms with van der Waals surface area (Å²) in [5.41, 5.74) is 8.82. The molecule has 2 aromatic heterocycles. The third-order valence-corrected chi connectivity index (χ3v) is 2.22. The third kappa shape index (κ3) is 1.22. The minimum atomic E-state index is 0.549. The molecule has 2 N–H and O–H groups in total. The fraction of sp³-hybridized carbons (Fsp3) is 0.200. The van der Waals surface area contributed by atoms with Crippen LogP contribution in [0.3, 0.4) is 0 Å². The predicted molar refractivity (Wildman–Crippen MR) is 53.4 cm³/mol. The van der Waals surface area contributed by atoms with E-state index in [2.05, 4.69) is 9.97 Å². The zero-order valence-corrected chi connectivity index (χ0v) is 7.70. The Morgan fingerprint density at radius 3 is 2.85 bits per heavy atom. The monoisotopic (exact) mass is 173 g/mol. The number of nitrogen functional groups attached to an aromatic ring is 1. The number of anilines is 1. The number of hydrogen-bond donors (Lipinski definition) is 1. The van der Waals surface area contributed by atoms with Gasteiger partial charge in [0.05, 0.1) is 5.52 Å². The van der Waals surface area contributed by atoms with Gasteiger partial charge in [0.2, 0.25) is 0 Å². The molecular weight excluding hydrogens is 162 g/mol. The van der Waals surface area contributed by atoms with Gasteiger partial charge in [0, 0.05) is 17.3 Å². The van der Waals surface area contributed by atoms with Crippen LogP contribution in [0.1, 0.15) is 11.3 Å². The van der Waals surface area contributed by atoms with Crippen LogP contribution in [0.15, 0.2) is 18.3 Å². The molecule has 0 atom stereocenters. The van der Waals surface area contributed by atoms with Gasteiger partial charge in [0.25, 0.3) is 0 Å². The highest BCUT2D eigenvalue weighted by Crippen LogP contribution is 2.19. The molecule has 0 aromatic carbocycles. The highest BCUT2D eigenvalue weighted by atomic mass is 14.8. The quantitative estimate of drug-likeness (QED) is 0.661. The van der Waals surface area contributed by atoms with Crippen LogP contribution in [0.25, 0.3) is 10.9 Å². The number of rotatable bonds is 0. The first-order valence-electron chi connectivity index (χ1n) is 4.17. The lowest BCUT2D eigenvalue weighted by atomic mass is 10.1. The molecule has 0 unspecified atom stereocenters. The highest BCUT2D eigenvalue weighted by molar-refractivity contribution is 5.88. The van der Waals surface area contributed by atoms with Crippen LogP contribution >= 0.6 is 0 Å². The molecule has 2 rings (SSSR count). The van der Waals surface area contributed by atoms with Gasteiger partial charge in [-0.3, -0.25) is 4.98 Å². The Kier molecular flexibility index (Phi) is 1.65. The largest absolute Gasteiger partial charge is 0.383 e. The number of fused-ring (bicyclic) bond motifs is 1. The molecule has 0 radical (unpaired) electrons. The van der Waals surface area contributed by atoms with Gasteiger partial charge in [-0.25, -0.2) is 4.98 Å². The number of aryl methyl sites for hydroxylation is 2. The van der Waals surface area contributed by atoms with E-state index in [1.54, 1.807) is 6.20 Å². The van der Waals surface area contributed by atoms with E-state index in [-0.39, 0.29) is 0 Å². The SMILES string of the molecule is Cc1cc2c(N)nccc2nc1C. The maximum Gasteiger partial charge on any atom is 0.132 e. The van der Waals surface area contributed by atoms with E-state index in [1.165, 1.54) is 0 Å². The number of hydrogen-bond acceptors (Lipinski definition) is 3. The van der Waals surface area contributed by atoms with E-state index in [0.717, 1.165) is 22.2 Å². The van der Waals surface area contributed by atoms with Crippen molar-refractivity contribution in [2.45, 2.75) is 13.8 Å². The van der Waals surface area contributed by atoms with Gasteiger partial charge in [-0.2, -0.15) is 0 Å². The average Bonchev–Trinajstić information content (AvgIpc) is 2.09. The van der Waals surface area contributed by atoms with Crippen molar-refractivity contribution in [2.75, 3.05) is 5.73 Å². The molecule has 0 aliphatic heterocycles. The fourth-order valence-electron chi connectivity index (χ4n) is 1.31. The lowest BCUT2D eigenvalue weighted by Crippen LogP contribution is -1.94. The summed E-state index contributed by atoms with van der Waals surface area (Å²) in [5.74, 6) is 0.549. The van der Waals surface area contributed by atoms with Crippen LogP contribution in [-0.2, 0) is 0 Å². The Morgan fingerprint density at radius 1 is 1.31 bits per heavy atom. The van der Waals surface area contributed by atoms with Crippen LogP contribution in [0.5, 0.6) is 0 Å². The lowest BCUT2D eigenvalue weighted by Gasteiger charge is -2.03. The van der Waals surface area contributed by atoms with E-state index >= 15 is 0 Å². The Hall–Kier alpha value is -1.64. The number of nitrogens with two attached hydrogens (primary N) is 1. The average molecular weight is 173 g/mol. The van der Waals surface area contributed by atoms with Gasteiger partial charge in [-0.05, 0) is 31.5 Å². The maximum absolute atomic E-state index is 5.72. The highest BCUT2D eigenvalue weighted by Gasteiger charge is 2.02. The van der Waals surface area contributed by atoms with Crippen molar-refractivity contribution >= 4 is 16.7 Å². The van der Waals surface area contributed by atoms with Crippen molar-refractivity contribution in [3.8, 4) is 0 Å². The van der Waals surface area contributed by atoms with Crippen LogP contribution in [0, 0.1) is 13.8 Å². The second kappa shape index (κ2) is 2.69. The number of nitrogens with zero attached hydrogens (tertiary/aromatic N) is 2. The first kappa shape index (κ1) is 7.98. The van der Waals surface area contributed by atoms with Crippen molar-refractivity contribution in [1.29, 1.82) is 0 Å². The molecule has 0 saturated heterocycles. The van der Waals surface area contributed by atoms with Crippen LogP contribution < -0.4 is 5.73 Å². The van der Waals surface area contributed by atoms with Crippen molar-refractivity contribution < 1.29 is 0 Å². The van der Waals surface area contributed by atoms with Crippen molar-refractivity contribution in [3.05, 3.63) is 29.6 Å². The number of pyridine rings is 2. The zero-order valence-electron chi connectivity index (χ0n) is 7.70. The summed E-state index contributed by atoms with van der Waals surface area (Å²) in [4.78, 5) is 8.43. The molecule has 0 aliphatic rings. The van der Waals surface area contributed by atoms with Crippen LogP contribution in [0.4, 0.5) is 5.82 Å². The lowest BCUT2D eigenvalue weighted by molar-refractivity contribution is 1.19. The summed E-state index contributed by atoms with van der Waals surface area (Å²) in [7, 11) is 0. The van der Waals surface area contributed by atoms with Gasteiger partial charge in [-0.1, -0.05) is 0 Å². The van der Waals surface area contributed by atoms with E-state index in [0.29, 0.717) is 5.82 Å². The minimum absolute atomic E-state index is 0.549. The molecule has 2 aromatic rings. The normalized spacial score (nSPS) is 10.6. The van der Waals surface area contributed by atoms with Crippen LogP contribution in [0.2, 0.25) is 0 Å². The van der Waals surface area contributed by atoms with Gasteiger partial charge >= 0.3 is 0 Å². The molecule has 2 heterocycles. The molecular formula is C10H11N3. The molecule has 0 saturated carbocycles. The standard InChI is InChI=1S/C10H11N3/c1-6-5-8-9(13-7(6)2)3-4-12-10(8)11/h3-5H,1-2H3,(H2,11,12). The molecule has 3 heteroatoms. The molecule has 0 aliphatic carbocycles. The molecule has 3 nitrogen and oxygen atoms in total. The molecule has 0 fully saturated rings. The first-order chi connectivity index (χ1) is 6.18. The van der Waals surface area contributed by atoms with Crippen molar-refractivity contribution in [2.24, 2.45) is 0 Å². The van der Waals surface area contributed by atoms with E-state index in [1.807, 2.05) is 26.0 Å². The summed E-state index contributed by atoms with van der Waals surface area (Å²) in [5, 5.41) is 0.936. The molecule has 0 spiro atoms. The van der Waals surface area contributed by atoms with E-state index < -0.39 is 0 Å². The predicted octanol–water partition coefficient (Wildman–Crippen LogP) is 1.83.